The summed E-state index contributed by atoms with van der Waals surface area (Å²) in [5.74, 6) is 0.750. The van der Waals surface area contributed by atoms with Crippen LogP contribution in [0.4, 0.5) is 21.1 Å². The largest absolute Gasteiger partial charge is 0.461 e. The van der Waals surface area contributed by atoms with Crippen LogP contribution in [0.3, 0.4) is 0 Å². The van der Waals surface area contributed by atoms with Gasteiger partial charge in [0.1, 0.15) is 30.7 Å². The zero-order valence-electron chi connectivity index (χ0n) is 32.4. The number of piperazine rings is 1. The Morgan fingerprint density at radius 3 is 2.50 bits per heavy atom. The molecule has 8 rings (SSSR count). The maximum absolute atomic E-state index is 13.3. The highest BCUT2D eigenvalue weighted by Gasteiger charge is 2.55. The molecule has 13 nitrogen and oxygen atoms in total. The van der Waals surface area contributed by atoms with E-state index in [2.05, 4.69) is 58.3 Å². The minimum Gasteiger partial charge on any atom is -0.461 e. The van der Waals surface area contributed by atoms with E-state index in [4.69, 9.17) is 28.9 Å². The van der Waals surface area contributed by atoms with E-state index in [0.717, 1.165) is 47.7 Å². The Labute approximate surface area is 327 Å². The molecule has 0 radical (unpaired) electrons. The topological polar surface area (TPSA) is 134 Å². The van der Waals surface area contributed by atoms with Gasteiger partial charge in [0.15, 0.2) is 0 Å². The number of aromatic nitrogens is 2. The minimum atomic E-state index is -0.606. The average molecular weight is 760 g/mol. The third kappa shape index (κ3) is 8.02. The summed E-state index contributed by atoms with van der Waals surface area (Å²) in [4.78, 5) is 44.6. The molecule has 4 aliphatic rings. The van der Waals surface area contributed by atoms with Crippen molar-refractivity contribution in [1.29, 1.82) is 5.26 Å². The molecule has 4 aromatic rings. The fourth-order valence-corrected chi connectivity index (χ4v) is 7.99. The Kier molecular flexibility index (Phi) is 10.3. The van der Waals surface area contributed by atoms with Crippen LogP contribution in [0, 0.1) is 11.3 Å². The molecule has 1 spiro atoms. The number of nitrogens with zero attached hydrogens (tertiary/aromatic N) is 7. The Morgan fingerprint density at radius 1 is 0.929 bits per heavy atom. The van der Waals surface area contributed by atoms with Crippen molar-refractivity contribution in [1.82, 2.24) is 19.8 Å². The predicted octanol–water partition coefficient (Wildman–Crippen LogP) is 6.48. The summed E-state index contributed by atoms with van der Waals surface area (Å²) in [7, 11) is 0. The average Bonchev–Trinajstić information content (AvgIpc) is 3.98. The fraction of sp³-hybridized carbons (Fsp3) is 0.465. The number of hydrogen-bond acceptors (Lipinski definition) is 11. The van der Waals surface area contributed by atoms with Crippen LogP contribution in [0.5, 0.6) is 6.01 Å². The molecule has 3 aliphatic heterocycles. The maximum atomic E-state index is 13.3. The zero-order valence-corrected chi connectivity index (χ0v) is 32.4. The van der Waals surface area contributed by atoms with E-state index in [0.29, 0.717) is 45.8 Å². The van der Waals surface area contributed by atoms with Crippen LogP contribution >= 0.6 is 0 Å². The number of ether oxygens (including phenoxy) is 4. The van der Waals surface area contributed by atoms with Gasteiger partial charge in [-0.3, -0.25) is 4.90 Å². The molecule has 56 heavy (non-hydrogen) atoms. The summed E-state index contributed by atoms with van der Waals surface area (Å²) in [5, 5.41) is 12.2. The van der Waals surface area contributed by atoms with Crippen molar-refractivity contribution in [2.45, 2.75) is 82.9 Å². The van der Waals surface area contributed by atoms with E-state index in [1.165, 1.54) is 10.8 Å². The van der Waals surface area contributed by atoms with E-state index in [1.807, 2.05) is 56.0 Å². The number of anilines is 2. The lowest BCUT2D eigenvalue weighted by molar-refractivity contribution is -0.0903. The van der Waals surface area contributed by atoms with E-state index in [-0.39, 0.29) is 37.3 Å². The van der Waals surface area contributed by atoms with Crippen LogP contribution in [0.1, 0.15) is 56.9 Å². The summed E-state index contributed by atoms with van der Waals surface area (Å²) in [6.07, 6.45) is 1.46. The van der Waals surface area contributed by atoms with Crippen LogP contribution < -0.4 is 14.5 Å². The van der Waals surface area contributed by atoms with Crippen molar-refractivity contribution >= 4 is 34.5 Å². The standard InChI is InChI=1S/C43H49N7O6/c1-42(2,3)56-41(52)50-25-33(55-29-43(50)18-19-43)28-53-39-45-36-26-47(37-15-9-13-31-12-7-8-14-34(31)37)21-17-35(36)38(46-39)48-22-23-49(32(24-48)16-20-44)40(51)54-27-30-10-5-4-6-11-30/h4-15,32-33H,16-19,21-29H2,1-3H3/t32-,33+/m0/s1. The highest BCUT2D eigenvalue weighted by molar-refractivity contribution is 5.94. The van der Waals surface area contributed by atoms with Gasteiger partial charge in [-0.1, -0.05) is 66.7 Å². The van der Waals surface area contributed by atoms with Crippen LogP contribution in [0.25, 0.3) is 10.8 Å². The first-order valence-corrected chi connectivity index (χ1v) is 19.6. The van der Waals surface area contributed by atoms with Crippen molar-refractivity contribution in [2.24, 2.45) is 0 Å². The summed E-state index contributed by atoms with van der Waals surface area (Å²) in [6, 6.07) is 26.4. The Hall–Kier alpha value is -5.61. The Balaban J connectivity index is 1.04. The number of fused-ring (bicyclic) bond motifs is 2. The molecule has 1 aliphatic carbocycles. The molecule has 2 atom stereocenters. The first kappa shape index (κ1) is 37.3. The first-order valence-electron chi connectivity index (χ1n) is 19.6. The summed E-state index contributed by atoms with van der Waals surface area (Å²) < 4.78 is 24.1. The van der Waals surface area contributed by atoms with Gasteiger partial charge in [-0.05, 0) is 57.0 Å². The molecular weight excluding hydrogens is 711 g/mol. The third-order valence-corrected chi connectivity index (χ3v) is 11.1. The molecule has 13 heteroatoms. The third-order valence-electron chi connectivity index (χ3n) is 11.1. The Bertz CT molecular complexity index is 2110. The Morgan fingerprint density at radius 2 is 1.71 bits per heavy atom. The van der Waals surface area contributed by atoms with E-state index in [9.17, 15) is 14.9 Å². The van der Waals surface area contributed by atoms with Gasteiger partial charge in [0, 0.05) is 42.8 Å². The number of rotatable bonds is 8. The zero-order chi connectivity index (χ0) is 38.9. The van der Waals surface area contributed by atoms with Crippen LogP contribution in [-0.2, 0) is 33.8 Å². The number of carbonyl (C=O) groups is 2. The summed E-state index contributed by atoms with van der Waals surface area (Å²) in [5.41, 5.74) is 3.02. The monoisotopic (exact) mass is 759 g/mol. The van der Waals surface area contributed by atoms with Crippen molar-refractivity contribution in [3.05, 3.63) is 89.6 Å². The minimum absolute atomic E-state index is 0.150. The molecule has 4 heterocycles. The number of benzene rings is 3. The van der Waals surface area contributed by atoms with Crippen molar-refractivity contribution in [3.8, 4) is 12.1 Å². The quantitative estimate of drug-likeness (QED) is 0.196. The van der Waals surface area contributed by atoms with Crippen molar-refractivity contribution in [3.63, 3.8) is 0 Å². The van der Waals surface area contributed by atoms with Gasteiger partial charge in [0.25, 0.3) is 0 Å². The maximum Gasteiger partial charge on any atom is 0.410 e. The van der Waals surface area contributed by atoms with E-state index >= 15 is 0 Å². The second-order valence-electron chi connectivity index (χ2n) is 16.2. The van der Waals surface area contributed by atoms with Crippen LogP contribution in [-0.4, -0.2) is 101 Å². The van der Waals surface area contributed by atoms with Gasteiger partial charge in [-0.25, -0.2) is 9.59 Å². The lowest BCUT2D eigenvalue weighted by Gasteiger charge is -2.42. The smallest absolute Gasteiger partial charge is 0.410 e. The van der Waals surface area contributed by atoms with Crippen LogP contribution in [0.2, 0.25) is 0 Å². The number of carbonyl (C=O) groups excluding carboxylic acids is 2. The second kappa shape index (κ2) is 15.5. The summed E-state index contributed by atoms with van der Waals surface area (Å²) in [6.45, 7) is 9.30. The van der Waals surface area contributed by atoms with E-state index < -0.39 is 23.8 Å². The molecule has 0 bridgehead atoms. The van der Waals surface area contributed by atoms with Crippen molar-refractivity contribution in [2.75, 3.05) is 55.7 Å². The normalized spacial score (nSPS) is 20.3. The van der Waals surface area contributed by atoms with Gasteiger partial charge >= 0.3 is 18.2 Å². The van der Waals surface area contributed by atoms with Crippen molar-refractivity contribution < 1.29 is 28.5 Å². The number of amides is 2. The fourth-order valence-electron chi connectivity index (χ4n) is 7.99. The predicted molar refractivity (Wildman–Crippen MR) is 210 cm³/mol. The summed E-state index contributed by atoms with van der Waals surface area (Å²) >= 11 is 0. The highest BCUT2D eigenvalue weighted by atomic mass is 16.6. The molecule has 1 saturated carbocycles. The number of hydrogen-bond donors (Lipinski definition) is 0. The number of nitriles is 1. The van der Waals surface area contributed by atoms with Gasteiger partial charge in [-0.2, -0.15) is 15.2 Å². The molecule has 292 valence electrons. The van der Waals surface area contributed by atoms with E-state index in [1.54, 1.807) is 4.90 Å². The number of morpholine rings is 1. The lowest BCUT2D eigenvalue weighted by atomic mass is 10.0. The molecule has 3 aromatic carbocycles. The van der Waals surface area contributed by atoms with Gasteiger partial charge in [-0.15, -0.1) is 0 Å². The SMILES string of the molecule is CC(C)(C)OC(=O)N1C[C@H](COc2nc3c(c(N4CCN(C(=O)OCc5ccccc5)[C@@H](CC#N)C4)n2)CCN(c2cccc4ccccc24)C3)OCC12CC2. The second-order valence-corrected chi connectivity index (χ2v) is 16.2. The highest BCUT2D eigenvalue weighted by Crippen LogP contribution is 2.45. The molecule has 0 unspecified atom stereocenters. The molecule has 1 aromatic heterocycles. The van der Waals surface area contributed by atoms with Gasteiger partial charge in [0.2, 0.25) is 0 Å². The molecule has 2 saturated heterocycles. The first-order chi connectivity index (χ1) is 27.1. The van der Waals surface area contributed by atoms with Gasteiger partial charge in [0.05, 0.1) is 49.5 Å². The molecule has 0 N–H and O–H groups in total. The molecule has 3 fully saturated rings. The molecule has 2 amide bonds. The van der Waals surface area contributed by atoms with Crippen LogP contribution in [0.15, 0.2) is 72.8 Å². The lowest BCUT2D eigenvalue weighted by Crippen LogP contribution is -2.56. The van der Waals surface area contributed by atoms with Gasteiger partial charge < -0.3 is 33.6 Å². The molecular formula is C43H49N7O6.